The second-order valence-corrected chi connectivity index (χ2v) is 6.78. The summed E-state index contributed by atoms with van der Waals surface area (Å²) in [6, 6.07) is 13.5. The summed E-state index contributed by atoms with van der Waals surface area (Å²) in [5.74, 6) is -0.933. The summed E-state index contributed by atoms with van der Waals surface area (Å²) in [6.07, 6.45) is 3.46. The predicted molar refractivity (Wildman–Crippen MR) is 110 cm³/mol. The van der Waals surface area contributed by atoms with Gasteiger partial charge in [0.1, 0.15) is 23.2 Å². The minimum atomic E-state index is -0.947. The number of amides is 2. The summed E-state index contributed by atoms with van der Waals surface area (Å²) in [5.41, 5.74) is 8.47. The largest absolute Gasteiger partial charge is 0.368 e. The molecule has 7 nitrogen and oxygen atoms in total. The number of imidazole rings is 1. The van der Waals surface area contributed by atoms with Crippen molar-refractivity contribution in [2.24, 2.45) is 5.73 Å². The number of nitrogens with zero attached hydrogens (tertiary/aromatic N) is 2. The van der Waals surface area contributed by atoms with Crippen molar-refractivity contribution in [2.75, 3.05) is 0 Å². The highest BCUT2D eigenvalue weighted by Gasteiger charge is 2.22. The Hall–Kier alpha value is -4.07. The number of hydrogen-bond donors (Lipinski definition) is 3. The molecule has 30 heavy (non-hydrogen) atoms. The molecule has 2 aromatic heterocycles. The molecule has 0 unspecified atom stereocenters. The van der Waals surface area contributed by atoms with Gasteiger partial charge in [0.25, 0.3) is 5.91 Å². The molecule has 0 aliphatic heterocycles. The first-order valence-corrected chi connectivity index (χ1v) is 9.25. The van der Waals surface area contributed by atoms with Gasteiger partial charge in [-0.15, -0.1) is 0 Å². The quantitative estimate of drug-likeness (QED) is 0.459. The van der Waals surface area contributed by atoms with Crippen molar-refractivity contribution in [1.82, 2.24) is 20.3 Å². The molecule has 4 N–H and O–H groups in total. The molecule has 2 amide bonds. The molecular weight excluding hydrogens is 385 g/mol. The minimum absolute atomic E-state index is 0.153. The van der Waals surface area contributed by atoms with Crippen molar-refractivity contribution in [3.63, 3.8) is 0 Å². The molecule has 150 valence electrons. The Morgan fingerprint density at radius 1 is 1.07 bits per heavy atom. The zero-order chi connectivity index (χ0) is 21.1. The number of carbonyl (C=O) groups excluding carboxylic acids is 2. The standard InChI is InChI=1S/C22H18FN5O2/c23-15-6-4-13(5-7-15)12-18(20(24)29)27-22(30)16-2-1-3-17-19(16)28-21(26-17)14-8-10-25-11-9-14/h1-11,18H,12H2,(H2,24,29)(H,26,28)(H,27,30)/t18-/m1/s1. The fourth-order valence-electron chi connectivity index (χ4n) is 3.18. The van der Waals surface area contributed by atoms with Gasteiger partial charge in [-0.2, -0.15) is 0 Å². The summed E-state index contributed by atoms with van der Waals surface area (Å²) in [6.45, 7) is 0. The number of nitrogens with two attached hydrogens (primary N) is 1. The molecule has 4 aromatic rings. The summed E-state index contributed by atoms with van der Waals surface area (Å²) in [4.78, 5) is 36.5. The molecule has 1 atom stereocenters. The van der Waals surface area contributed by atoms with Crippen LogP contribution >= 0.6 is 0 Å². The highest BCUT2D eigenvalue weighted by Crippen LogP contribution is 2.22. The van der Waals surface area contributed by atoms with Gasteiger partial charge in [-0.3, -0.25) is 14.6 Å². The molecule has 8 heteroatoms. The Labute approximate surface area is 171 Å². The monoisotopic (exact) mass is 403 g/mol. The average molecular weight is 403 g/mol. The van der Waals surface area contributed by atoms with Crippen molar-refractivity contribution in [1.29, 1.82) is 0 Å². The lowest BCUT2D eigenvalue weighted by molar-refractivity contribution is -0.119. The average Bonchev–Trinajstić information content (AvgIpc) is 3.19. The number of aromatic nitrogens is 3. The van der Waals surface area contributed by atoms with Gasteiger partial charge in [-0.05, 0) is 42.0 Å². The topological polar surface area (TPSA) is 114 Å². The maximum atomic E-state index is 13.1. The van der Waals surface area contributed by atoms with E-state index < -0.39 is 17.9 Å². The van der Waals surface area contributed by atoms with Gasteiger partial charge in [0.2, 0.25) is 5.91 Å². The van der Waals surface area contributed by atoms with Crippen LogP contribution in [0.25, 0.3) is 22.4 Å². The molecule has 0 bridgehead atoms. The number of halogens is 1. The highest BCUT2D eigenvalue weighted by atomic mass is 19.1. The molecule has 2 aromatic carbocycles. The Morgan fingerprint density at radius 3 is 2.50 bits per heavy atom. The van der Waals surface area contributed by atoms with Crippen molar-refractivity contribution in [3.05, 3.63) is 83.9 Å². The van der Waals surface area contributed by atoms with E-state index in [-0.39, 0.29) is 12.2 Å². The van der Waals surface area contributed by atoms with Crippen molar-refractivity contribution in [3.8, 4) is 11.4 Å². The maximum Gasteiger partial charge on any atom is 0.254 e. The van der Waals surface area contributed by atoms with Crippen LogP contribution in [0.2, 0.25) is 0 Å². The lowest BCUT2D eigenvalue weighted by atomic mass is 10.0. The number of carbonyl (C=O) groups is 2. The maximum absolute atomic E-state index is 13.1. The Bertz CT molecular complexity index is 1210. The van der Waals surface area contributed by atoms with Crippen LogP contribution in [0, 0.1) is 5.82 Å². The summed E-state index contributed by atoms with van der Waals surface area (Å²) in [7, 11) is 0. The number of aromatic amines is 1. The lowest BCUT2D eigenvalue weighted by Gasteiger charge is -2.16. The normalized spacial score (nSPS) is 11.9. The highest BCUT2D eigenvalue weighted by molar-refractivity contribution is 6.06. The van der Waals surface area contributed by atoms with Crippen molar-refractivity contribution >= 4 is 22.8 Å². The van der Waals surface area contributed by atoms with Crippen LogP contribution in [-0.4, -0.2) is 32.8 Å². The van der Waals surface area contributed by atoms with Gasteiger partial charge < -0.3 is 16.0 Å². The SMILES string of the molecule is NC(=O)[C@@H](Cc1ccc(F)cc1)NC(=O)c1cccc2[nH]c(-c3ccncc3)nc12. The molecule has 0 saturated carbocycles. The van der Waals surface area contributed by atoms with E-state index in [1.54, 1.807) is 36.7 Å². The number of pyridine rings is 1. The Morgan fingerprint density at radius 2 is 1.80 bits per heavy atom. The predicted octanol–water partition coefficient (Wildman–Crippen LogP) is 2.59. The molecule has 0 aliphatic rings. The number of hydrogen-bond acceptors (Lipinski definition) is 4. The second-order valence-electron chi connectivity index (χ2n) is 6.78. The molecular formula is C22H18FN5O2. The lowest BCUT2D eigenvalue weighted by Crippen LogP contribution is -2.45. The van der Waals surface area contributed by atoms with E-state index >= 15 is 0 Å². The van der Waals surface area contributed by atoms with Crippen LogP contribution in [0.4, 0.5) is 4.39 Å². The van der Waals surface area contributed by atoms with Crippen LogP contribution in [-0.2, 0) is 11.2 Å². The van der Waals surface area contributed by atoms with Crippen LogP contribution < -0.4 is 11.1 Å². The van der Waals surface area contributed by atoms with Crippen LogP contribution in [0.1, 0.15) is 15.9 Å². The zero-order valence-electron chi connectivity index (χ0n) is 15.8. The molecule has 0 fully saturated rings. The fraction of sp³-hybridized carbons (Fsp3) is 0.0909. The number of primary amides is 1. The fourth-order valence-corrected chi connectivity index (χ4v) is 3.18. The van der Waals surface area contributed by atoms with Crippen LogP contribution in [0.15, 0.2) is 67.0 Å². The Kier molecular flexibility index (Phi) is 5.21. The molecule has 2 heterocycles. The summed E-state index contributed by atoms with van der Waals surface area (Å²) < 4.78 is 13.1. The van der Waals surface area contributed by atoms with Crippen molar-refractivity contribution < 1.29 is 14.0 Å². The molecule has 4 rings (SSSR count). The number of H-pyrrole nitrogens is 1. The number of benzene rings is 2. The minimum Gasteiger partial charge on any atom is -0.368 e. The second kappa shape index (κ2) is 8.12. The smallest absolute Gasteiger partial charge is 0.254 e. The number of para-hydroxylation sites is 1. The molecule has 0 radical (unpaired) electrons. The number of fused-ring (bicyclic) bond motifs is 1. The van der Waals surface area contributed by atoms with E-state index in [0.717, 1.165) is 5.56 Å². The van der Waals surface area contributed by atoms with Gasteiger partial charge in [-0.25, -0.2) is 9.37 Å². The van der Waals surface area contributed by atoms with Crippen LogP contribution in [0.3, 0.4) is 0 Å². The van der Waals surface area contributed by atoms with Gasteiger partial charge in [-0.1, -0.05) is 18.2 Å². The van der Waals surface area contributed by atoms with Gasteiger partial charge in [0.15, 0.2) is 0 Å². The first-order chi connectivity index (χ1) is 14.5. The Balaban J connectivity index is 1.60. The molecule has 0 aliphatic carbocycles. The van der Waals surface area contributed by atoms with Gasteiger partial charge in [0, 0.05) is 24.4 Å². The van der Waals surface area contributed by atoms with E-state index in [9.17, 15) is 14.0 Å². The summed E-state index contributed by atoms with van der Waals surface area (Å²) in [5, 5.41) is 2.67. The van der Waals surface area contributed by atoms with Crippen LogP contribution in [0.5, 0.6) is 0 Å². The summed E-state index contributed by atoms with van der Waals surface area (Å²) >= 11 is 0. The number of rotatable bonds is 6. The van der Waals surface area contributed by atoms with Crippen molar-refractivity contribution in [2.45, 2.75) is 12.5 Å². The van der Waals surface area contributed by atoms with E-state index in [1.807, 2.05) is 18.2 Å². The van der Waals surface area contributed by atoms with E-state index in [2.05, 4.69) is 20.3 Å². The van der Waals surface area contributed by atoms with Gasteiger partial charge in [0.05, 0.1) is 11.1 Å². The first-order valence-electron chi connectivity index (χ1n) is 9.25. The number of nitrogens with one attached hydrogen (secondary N) is 2. The van der Waals surface area contributed by atoms with E-state index in [0.29, 0.717) is 28.0 Å². The third-order valence-corrected chi connectivity index (χ3v) is 4.71. The van der Waals surface area contributed by atoms with E-state index in [1.165, 1.54) is 12.1 Å². The third-order valence-electron chi connectivity index (χ3n) is 4.71. The molecule has 0 spiro atoms. The van der Waals surface area contributed by atoms with E-state index in [4.69, 9.17) is 5.73 Å². The van der Waals surface area contributed by atoms with Gasteiger partial charge >= 0.3 is 0 Å². The first kappa shape index (κ1) is 19.3. The third kappa shape index (κ3) is 4.02. The zero-order valence-corrected chi connectivity index (χ0v) is 15.8. The molecule has 0 saturated heterocycles.